The van der Waals surface area contributed by atoms with E-state index in [2.05, 4.69) is 33.1 Å². The summed E-state index contributed by atoms with van der Waals surface area (Å²) in [6.45, 7) is 0.577. The maximum Gasteiger partial charge on any atom is 0.123 e. The number of rotatable bonds is 3. The first-order valence-corrected chi connectivity index (χ1v) is 8.84. The third-order valence-corrected chi connectivity index (χ3v) is 4.80. The number of hydrogen-bond acceptors (Lipinski definition) is 2. The summed E-state index contributed by atoms with van der Waals surface area (Å²) in [6, 6.07) is 24.9. The number of nitrogens with zero attached hydrogens (tertiary/aromatic N) is 3. The van der Waals surface area contributed by atoms with Crippen LogP contribution in [0.1, 0.15) is 5.56 Å². The molecule has 0 amide bonds. The third kappa shape index (κ3) is 2.75. The third-order valence-electron chi connectivity index (χ3n) is 4.80. The molecule has 5 rings (SSSR count). The summed E-state index contributed by atoms with van der Waals surface area (Å²) in [5.74, 6) is -0.222. The second-order valence-electron chi connectivity index (χ2n) is 6.58. The standard InChI is InChI=1S/C23H16FN3/c24-18-10-6-7-16(13-18)14-27-15-20-22(17-8-2-1-3-9-17)25-26-23(20)19-11-4-5-12-21(19)27/h1-13,15H,14H2. The quantitative estimate of drug-likeness (QED) is 0.435. The molecular formula is C23H16FN3. The van der Waals surface area contributed by atoms with Crippen LogP contribution < -0.4 is 0 Å². The van der Waals surface area contributed by atoms with E-state index in [1.54, 1.807) is 12.1 Å². The molecule has 0 fully saturated rings. The number of aromatic nitrogens is 3. The fourth-order valence-electron chi connectivity index (χ4n) is 3.56. The highest BCUT2D eigenvalue weighted by molar-refractivity contribution is 5.97. The molecule has 27 heavy (non-hydrogen) atoms. The number of para-hydroxylation sites is 1. The van der Waals surface area contributed by atoms with Gasteiger partial charge in [0.25, 0.3) is 0 Å². The average molecular weight is 353 g/mol. The van der Waals surface area contributed by atoms with E-state index in [0.29, 0.717) is 6.54 Å². The molecule has 0 aromatic heterocycles. The minimum atomic E-state index is -0.222. The fraction of sp³-hybridized carbons (Fsp3) is 0.0435. The smallest absolute Gasteiger partial charge is 0.123 e. The monoisotopic (exact) mass is 353 g/mol. The summed E-state index contributed by atoms with van der Waals surface area (Å²) in [5, 5.41) is 9.96. The second-order valence-corrected chi connectivity index (χ2v) is 6.58. The van der Waals surface area contributed by atoms with Crippen molar-refractivity contribution in [3.63, 3.8) is 0 Å². The fourth-order valence-corrected chi connectivity index (χ4v) is 3.56. The zero-order valence-corrected chi connectivity index (χ0v) is 14.5. The van der Waals surface area contributed by atoms with Crippen LogP contribution in [0.25, 0.3) is 33.4 Å². The van der Waals surface area contributed by atoms with Gasteiger partial charge in [-0.3, -0.25) is 0 Å². The molecule has 3 nitrogen and oxygen atoms in total. The van der Waals surface area contributed by atoms with Gasteiger partial charge in [0, 0.05) is 29.3 Å². The van der Waals surface area contributed by atoms with E-state index in [4.69, 9.17) is 0 Å². The van der Waals surface area contributed by atoms with Crippen LogP contribution in [0.4, 0.5) is 4.39 Å². The maximum absolute atomic E-state index is 13.6. The summed E-state index contributed by atoms with van der Waals surface area (Å²) in [6.07, 6.45) is 2.07. The summed E-state index contributed by atoms with van der Waals surface area (Å²) in [4.78, 5) is 0. The number of halogens is 1. The molecule has 0 aliphatic carbocycles. The van der Waals surface area contributed by atoms with E-state index in [1.807, 2.05) is 48.5 Å². The van der Waals surface area contributed by atoms with Crippen LogP contribution in [0.3, 0.4) is 0 Å². The minimum absolute atomic E-state index is 0.222. The molecule has 2 aliphatic rings. The van der Waals surface area contributed by atoms with Crippen molar-refractivity contribution >= 4 is 10.9 Å². The first-order valence-electron chi connectivity index (χ1n) is 8.84. The lowest BCUT2D eigenvalue weighted by molar-refractivity contribution is 0.624. The second kappa shape index (κ2) is 6.32. The molecule has 3 aromatic carbocycles. The Morgan fingerprint density at radius 3 is 2.41 bits per heavy atom. The Bertz CT molecular complexity index is 1210. The molecule has 0 saturated heterocycles. The minimum Gasteiger partial charge on any atom is -0.342 e. The number of pyridine rings is 1. The van der Waals surface area contributed by atoms with E-state index in [9.17, 15) is 4.39 Å². The van der Waals surface area contributed by atoms with E-state index in [1.165, 1.54) is 6.07 Å². The van der Waals surface area contributed by atoms with Crippen LogP contribution in [-0.2, 0) is 6.54 Å². The van der Waals surface area contributed by atoms with Crippen LogP contribution in [0.2, 0.25) is 0 Å². The highest BCUT2D eigenvalue weighted by Gasteiger charge is 2.19. The number of hydrogen-bond donors (Lipinski definition) is 0. The zero-order valence-electron chi connectivity index (χ0n) is 14.5. The normalized spacial score (nSPS) is 11.3. The molecule has 2 aliphatic heterocycles. The molecular weight excluding hydrogens is 337 g/mol. The summed E-state index contributed by atoms with van der Waals surface area (Å²) < 4.78 is 15.8. The molecule has 3 aromatic rings. The van der Waals surface area contributed by atoms with Crippen molar-refractivity contribution in [2.24, 2.45) is 0 Å². The SMILES string of the molecule is Fc1cccc(Cn2cc3c(-c4ccccc4)nnc-3c3ccccc32)c1. The van der Waals surface area contributed by atoms with E-state index in [0.717, 1.165) is 39.0 Å². The van der Waals surface area contributed by atoms with Gasteiger partial charge in [-0.05, 0) is 23.8 Å². The topological polar surface area (TPSA) is 30.7 Å². The van der Waals surface area contributed by atoms with Crippen molar-refractivity contribution in [3.05, 3.63) is 96.4 Å². The van der Waals surface area contributed by atoms with Gasteiger partial charge in [-0.25, -0.2) is 4.39 Å². The summed E-state index contributed by atoms with van der Waals surface area (Å²) >= 11 is 0. The Morgan fingerprint density at radius 2 is 1.56 bits per heavy atom. The molecule has 0 atom stereocenters. The van der Waals surface area contributed by atoms with Crippen molar-refractivity contribution in [2.45, 2.75) is 6.54 Å². The van der Waals surface area contributed by atoms with E-state index < -0.39 is 0 Å². The van der Waals surface area contributed by atoms with Crippen molar-refractivity contribution in [2.75, 3.05) is 0 Å². The predicted molar refractivity (Wildman–Crippen MR) is 105 cm³/mol. The Labute approximate surface area is 156 Å². The van der Waals surface area contributed by atoms with Gasteiger partial charge in [0.1, 0.15) is 17.2 Å². The van der Waals surface area contributed by atoms with Crippen molar-refractivity contribution in [1.82, 2.24) is 14.8 Å². The predicted octanol–water partition coefficient (Wildman–Crippen LogP) is 5.39. The number of benzene rings is 3. The molecule has 2 heterocycles. The molecule has 130 valence electrons. The van der Waals surface area contributed by atoms with Crippen LogP contribution in [0.15, 0.2) is 85.1 Å². The van der Waals surface area contributed by atoms with Gasteiger partial charge in [-0.2, -0.15) is 0 Å². The molecule has 0 bridgehead atoms. The first kappa shape index (κ1) is 15.7. The van der Waals surface area contributed by atoms with Gasteiger partial charge in [0.05, 0.1) is 5.52 Å². The zero-order chi connectivity index (χ0) is 18.2. The summed E-state index contributed by atoms with van der Waals surface area (Å²) in [5.41, 5.74) is 5.75. The van der Waals surface area contributed by atoms with Crippen molar-refractivity contribution < 1.29 is 4.39 Å². The molecule has 0 saturated carbocycles. The Hall–Kier alpha value is -3.53. The Kier molecular flexibility index (Phi) is 3.68. The van der Waals surface area contributed by atoms with Gasteiger partial charge >= 0.3 is 0 Å². The Morgan fingerprint density at radius 1 is 0.778 bits per heavy atom. The largest absolute Gasteiger partial charge is 0.342 e. The van der Waals surface area contributed by atoms with E-state index >= 15 is 0 Å². The van der Waals surface area contributed by atoms with Crippen molar-refractivity contribution in [1.29, 1.82) is 0 Å². The molecule has 0 N–H and O–H groups in total. The van der Waals surface area contributed by atoms with E-state index in [-0.39, 0.29) is 5.82 Å². The van der Waals surface area contributed by atoms with Gasteiger partial charge < -0.3 is 4.57 Å². The Balaban J connectivity index is 1.74. The molecule has 0 spiro atoms. The lowest BCUT2D eigenvalue weighted by Gasteiger charge is -2.15. The van der Waals surface area contributed by atoms with Gasteiger partial charge in [-0.15, -0.1) is 10.2 Å². The molecule has 4 heteroatoms. The average Bonchev–Trinajstić information content (AvgIpc) is 3.13. The first-order chi connectivity index (χ1) is 13.3. The van der Waals surface area contributed by atoms with Crippen LogP contribution >= 0.6 is 0 Å². The van der Waals surface area contributed by atoms with Crippen LogP contribution in [0, 0.1) is 5.82 Å². The lowest BCUT2D eigenvalue weighted by atomic mass is 10.0. The highest BCUT2D eigenvalue weighted by Crippen LogP contribution is 2.36. The maximum atomic E-state index is 13.6. The van der Waals surface area contributed by atoms with Gasteiger partial charge in [0.15, 0.2) is 0 Å². The molecule has 0 radical (unpaired) electrons. The molecule has 0 unspecified atom stereocenters. The van der Waals surface area contributed by atoms with Gasteiger partial charge in [0.2, 0.25) is 0 Å². The number of fused-ring (bicyclic) bond motifs is 3. The van der Waals surface area contributed by atoms with Gasteiger partial charge in [-0.1, -0.05) is 60.7 Å². The van der Waals surface area contributed by atoms with Crippen molar-refractivity contribution in [3.8, 4) is 22.5 Å². The van der Waals surface area contributed by atoms with Crippen LogP contribution in [-0.4, -0.2) is 14.8 Å². The highest BCUT2D eigenvalue weighted by atomic mass is 19.1. The summed E-state index contributed by atoms with van der Waals surface area (Å²) in [7, 11) is 0. The van der Waals surface area contributed by atoms with Crippen LogP contribution in [0.5, 0.6) is 0 Å². The lowest BCUT2D eigenvalue weighted by Crippen LogP contribution is -2.04.